The highest BCUT2D eigenvalue weighted by molar-refractivity contribution is 7.98. The summed E-state index contributed by atoms with van der Waals surface area (Å²) < 4.78 is 5.24. The first-order valence-corrected chi connectivity index (χ1v) is 9.37. The molecule has 0 aliphatic carbocycles. The van der Waals surface area contributed by atoms with Gasteiger partial charge >= 0.3 is 0 Å². The van der Waals surface area contributed by atoms with E-state index in [0.29, 0.717) is 11.4 Å². The fraction of sp³-hybridized carbons (Fsp3) is 0.412. The van der Waals surface area contributed by atoms with Crippen molar-refractivity contribution in [3.05, 3.63) is 36.2 Å². The SMILES string of the molecule is COc1ncccc1C(=O)N1C2CC1CN(c1ccnc(SC)n1)C2. The molecule has 0 aromatic carbocycles. The van der Waals surface area contributed by atoms with Crippen LogP contribution >= 0.6 is 11.8 Å². The number of anilines is 1. The number of methoxy groups -OCH3 is 1. The van der Waals surface area contributed by atoms with Crippen LogP contribution in [0.5, 0.6) is 5.88 Å². The molecular weight excluding hydrogens is 338 g/mol. The Bertz CT molecular complexity index is 790. The van der Waals surface area contributed by atoms with Crippen molar-refractivity contribution in [1.82, 2.24) is 19.9 Å². The Kier molecular flexibility index (Phi) is 4.20. The number of thioether (sulfide) groups is 1. The van der Waals surface area contributed by atoms with E-state index in [9.17, 15) is 4.79 Å². The molecule has 0 saturated carbocycles. The molecule has 0 radical (unpaired) electrons. The Balaban J connectivity index is 1.51. The van der Waals surface area contributed by atoms with Gasteiger partial charge in [0.05, 0.1) is 19.2 Å². The van der Waals surface area contributed by atoms with Crippen molar-refractivity contribution in [2.24, 2.45) is 0 Å². The highest BCUT2D eigenvalue weighted by atomic mass is 32.2. The van der Waals surface area contributed by atoms with Crippen LogP contribution in [0.3, 0.4) is 0 Å². The minimum atomic E-state index is -0.00154. The summed E-state index contributed by atoms with van der Waals surface area (Å²) in [5.74, 6) is 1.31. The quantitative estimate of drug-likeness (QED) is 0.609. The normalized spacial score (nSPS) is 21.7. The predicted octanol–water partition coefficient (Wildman–Crippen LogP) is 1.71. The van der Waals surface area contributed by atoms with Crippen LogP contribution in [0.25, 0.3) is 0 Å². The minimum absolute atomic E-state index is 0.00154. The van der Waals surface area contributed by atoms with E-state index in [1.807, 2.05) is 17.2 Å². The molecule has 2 aromatic rings. The Morgan fingerprint density at radius 2 is 2.04 bits per heavy atom. The Morgan fingerprint density at radius 3 is 2.76 bits per heavy atom. The van der Waals surface area contributed by atoms with Gasteiger partial charge in [-0.3, -0.25) is 4.79 Å². The molecular formula is C17H19N5O2S. The van der Waals surface area contributed by atoms with Crippen molar-refractivity contribution in [3.8, 4) is 5.88 Å². The zero-order valence-corrected chi connectivity index (χ0v) is 14.9. The van der Waals surface area contributed by atoms with Gasteiger partial charge in [0.15, 0.2) is 5.16 Å². The molecule has 3 aliphatic heterocycles. The van der Waals surface area contributed by atoms with E-state index in [2.05, 4.69) is 19.9 Å². The molecule has 8 heteroatoms. The standard InChI is InChI=1S/C17H19N5O2S/c1-24-15-13(4-3-6-18-15)16(23)22-11-8-12(22)10-21(9-11)14-5-7-19-17(20-14)25-2/h3-7,11-12H,8-10H2,1-2H3. The van der Waals surface area contributed by atoms with Gasteiger partial charge in [-0.1, -0.05) is 11.8 Å². The summed E-state index contributed by atoms with van der Waals surface area (Å²) in [5.41, 5.74) is 0.528. The van der Waals surface area contributed by atoms with Gasteiger partial charge < -0.3 is 14.5 Å². The van der Waals surface area contributed by atoms with Crippen LogP contribution in [0.15, 0.2) is 35.7 Å². The Hall–Kier alpha value is -2.35. The second-order valence-corrected chi connectivity index (χ2v) is 6.90. The number of ether oxygens (including phenoxy) is 1. The van der Waals surface area contributed by atoms with E-state index in [1.54, 1.807) is 24.5 Å². The lowest BCUT2D eigenvalue weighted by Gasteiger charge is -2.56. The van der Waals surface area contributed by atoms with E-state index in [0.717, 1.165) is 30.5 Å². The Labute approximate surface area is 150 Å². The van der Waals surface area contributed by atoms with Crippen molar-refractivity contribution < 1.29 is 9.53 Å². The van der Waals surface area contributed by atoms with E-state index in [4.69, 9.17) is 4.74 Å². The number of hydrogen-bond donors (Lipinski definition) is 0. The van der Waals surface area contributed by atoms with Gasteiger partial charge in [-0.25, -0.2) is 15.0 Å². The number of nitrogens with zero attached hydrogens (tertiary/aromatic N) is 5. The van der Waals surface area contributed by atoms with Gasteiger partial charge in [0, 0.05) is 25.5 Å². The molecule has 0 N–H and O–H groups in total. The molecule has 5 heterocycles. The van der Waals surface area contributed by atoms with Crippen molar-refractivity contribution in [3.63, 3.8) is 0 Å². The van der Waals surface area contributed by atoms with Crippen molar-refractivity contribution >= 4 is 23.5 Å². The topological polar surface area (TPSA) is 71.5 Å². The average molecular weight is 357 g/mol. The molecule has 3 fully saturated rings. The highest BCUT2D eigenvalue weighted by Crippen LogP contribution is 2.36. The molecule has 3 saturated heterocycles. The lowest BCUT2D eigenvalue weighted by molar-refractivity contribution is 0.00543. The summed E-state index contributed by atoms with van der Waals surface area (Å²) in [6.07, 6.45) is 6.42. The number of piperidine rings is 1. The van der Waals surface area contributed by atoms with Gasteiger partial charge in [0.25, 0.3) is 5.91 Å². The molecule has 1 amide bonds. The smallest absolute Gasteiger partial charge is 0.259 e. The number of carbonyl (C=O) groups is 1. The highest BCUT2D eigenvalue weighted by Gasteiger charge is 2.48. The van der Waals surface area contributed by atoms with Crippen LogP contribution in [0.1, 0.15) is 16.8 Å². The van der Waals surface area contributed by atoms with Gasteiger partial charge in [-0.05, 0) is 30.9 Å². The first kappa shape index (κ1) is 16.1. The third-order valence-corrected chi connectivity index (χ3v) is 5.31. The van der Waals surface area contributed by atoms with E-state index in [-0.39, 0.29) is 18.0 Å². The summed E-state index contributed by atoms with van der Waals surface area (Å²) in [7, 11) is 1.54. The fourth-order valence-corrected chi connectivity index (χ4v) is 3.94. The maximum absolute atomic E-state index is 12.9. The van der Waals surface area contributed by atoms with Crippen molar-refractivity contribution in [1.29, 1.82) is 0 Å². The van der Waals surface area contributed by atoms with Gasteiger partial charge in [-0.15, -0.1) is 0 Å². The molecule has 3 aliphatic rings. The largest absolute Gasteiger partial charge is 0.480 e. The van der Waals surface area contributed by atoms with Crippen LogP contribution < -0.4 is 9.64 Å². The van der Waals surface area contributed by atoms with Gasteiger partial charge in [0.1, 0.15) is 11.4 Å². The fourth-order valence-electron chi connectivity index (χ4n) is 3.59. The van der Waals surface area contributed by atoms with Crippen LogP contribution in [-0.2, 0) is 0 Å². The predicted molar refractivity (Wildman–Crippen MR) is 95.2 cm³/mol. The lowest BCUT2D eigenvalue weighted by Crippen LogP contribution is -2.70. The number of fused-ring (bicyclic) bond motifs is 2. The van der Waals surface area contributed by atoms with Crippen molar-refractivity contribution in [2.75, 3.05) is 31.4 Å². The maximum Gasteiger partial charge on any atom is 0.259 e. The number of amides is 1. The minimum Gasteiger partial charge on any atom is -0.480 e. The van der Waals surface area contributed by atoms with Crippen LogP contribution in [-0.4, -0.2) is 64.3 Å². The number of pyridine rings is 1. The monoisotopic (exact) mass is 357 g/mol. The summed E-state index contributed by atoms with van der Waals surface area (Å²) in [5, 5.41) is 0.768. The molecule has 2 aromatic heterocycles. The third kappa shape index (κ3) is 2.80. The first-order chi connectivity index (χ1) is 12.2. The first-order valence-electron chi connectivity index (χ1n) is 8.15. The third-order valence-electron chi connectivity index (χ3n) is 4.75. The van der Waals surface area contributed by atoms with Gasteiger partial charge in [-0.2, -0.15) is 0 Å². The number of rotatable bonds is 4. The number of aromatic nitrogens is 3. The molecule has 25 heavy (non-hydrogen) atoms. The number of piperazine rings is 1. The Morgan fingerprint density at radius 1 is 1.24 bits per heavy atom. The lowest BCUT2D eigenvalue weighted by atomic mass is 9.86. The number of carbonyl (C=O) groups excluding carboxylic acids is 1. The van der Waals surface area contributed by atoms with Crippen LogP contribution in [0.2, 0.25) is 0 Å². The zero-order chi connectivity index (χ0) is 17.4. The molecule has 7 nitrogen and oxygen atoms in total. The van der Waals surface area contributed by atoms with E-state index < -0.39 is 0 Å². The molecule has 2 bridgehead atoms. The molecule has 5 rings (SSSR count). The van der Waals surface area contributed by atoms with Crippen LogP contribution in [0.4, 0.5) is 5.82 Å². The van der Waals surface area contributed by atoms with E-state index >= 15 is 0 Å². The summed E-state index contributed by atoms with van der Waals surface area (Å²) in [4.78, 5) is 30.1. The molecule has 0 spiro atoms. The van der Waals surface area contributed by atoms with Crippen molar-refractivity contribution in [2.45, 2.75) is 23.7 Å². The summed E-state index contributed by atoms with van der Waals surface area (Å²) in [6, 6.07) is 5.87. The average Bonchev–Trinajstić information content (AvgIpc) is 2.68. The zero-order valence-electron chi connectivity index (χ0n) is 14.1. The molecule has 2 unspecified atom stereocenters. The van der Waals surface area contributed by atoms with E-state index in [1.165, 1.54) is 18.9 Å². The summed E-state index contributed by atoms with van der Waals surface area (Å²) >= 11 is 1.53. The second-order valence-electron chi connectivity index (χ2n) is 6.12. The number of hydrogen-bond acceptors (Lipinski definition) is 7. The maximum atomic E-state index is 12.9. The van der Waals surface area contributed by atoms with Crippen LogP contribution in [0, 0.1) is 0 Å². The summed E-state index contributed by atoms with van der Waals surface area (Å²) in [6.45, 7) is 1.57. The van der Waals surface area contributed by atoms with Gasteiger partial charge in [0.2, 0.25) is 5.88 Å². The molecule has 2 atom stereocenters. The molecule has 130 valence electrons. The second kappa shape index (κ2) is 6.51.